The highest BCUT2D eigenvalue weighted by Gasteiger charge is 2.29. The van der Waals surface area contributed by atoms with Crippen LogP contribution in [0.2, 0.25) is 0 Å². The molecule has 4 rings (SSSR count). The van der Waals surface area contributed by atoms with Gasteiger partial charge in [-0.2, -0.15) is 0 Å². The average molecular weight is 425 g/mol. The second kappa shape index (κ2) is 9.58. The van der Waals surface area contributed by atoms with Crippen LogP contribution in [0.3, 0.4) is 0 Å². The second-order valence-electron chi connectivity index (χ2n) is 8.07. The fourth-order valence-electron chi connectivity index (χ4n) is 4.16. The molecule has 1 aromatic heterocycles. The minimum Gasteiger partial charge on any atom is -0.494 e. The molecule has 0 saturated carbocycles. The molecule has 0 spiro atoms. The van der Waals surface area contributed by atoms with Crippen molar-refractivity contribution in [2.45, 2.75) is 32.2 Å². The third kappa shape index (κ3) is 4.99. The minimum absolute atomic E-state index is 0.198. The number of aromatic nitrogens is 1. The minimum atomic E-state index is 0.198. The summed E-state index contributed by atoms with van der Waals surface area (Å²) in [6, 6.07) is 16.3. The third-order valence-electron chi connectivity index (χ3n) is 5.76. The van der Waals surface area contributed by atoms with E-state index >= 15 is 0 Å². The number of likely N-dealkylation sites (tertiary alicyclic amines) is 1. The zero-order valence-electron chi connectivity index (χ0n) is 17.8. The van der Waals surface area contributed by atoms with E-state index in [4.69, 9.17) is 9.72 Å². The highest BCUT2D eigenvalue weighted by molar-refractivity contribution is 7.18. The van der Waals surface area contributed by atoms with Crippen molar-refractivity contribution in [3.05, 3.63) is 59.1 Å². The maximum absolute atomic E-state index is 12.8. The molecule has 1 aliphatic heterocycles. The summed E-state index contributed by atoms with van der Waals surface area (Å²) in [6.07, 6.45) is 2.31. The number of quaternary nitrogens is 1. The number of hydrogen-bond acceptors (Lipinski definition) is 4. The molecular formula is C24H30N3O2S+. The Morgan fingerprint density at radius 3 is 2.80 bits per heavy atom. The van der Waals surface area contributed by atoms with Gasteiger partial charge in [0.1, 0.15) is 10.8 Å². The first-order valence-electron chi connectivity index (χ1n) is 10.8. The Balaban J connectivity index is 1.33. The molecule has 2 atom stereocenters. The van der Waals surface area contributed by atoms with E-state index in [0.717, 1.165) is 36.3 Å². The van der Waals surface area contributed by atoms with Gasteiger partial charge in [-0.05, 0) is 49.6 Å². The molecule has 3 aromatic rings. The lowest BCUT2D eigenvalue weighted by atomic mass is 9.98. The van der Waals surface area contributed by atoms with Crippen molar-refractivity contribution in [1.29, 1.82) is 0 Å². The molecule has 1 unspecified atom stereocenters. The average Bonchev–Trinajstić information content (AvgIpc) is 3.20. The molecule has 6 heteroatoms. The number of rotatable bonds is 7. The summed E-state index contributed by atoms with van der Waals surface area (Å²) in [4.78, 5) is 20.9. The number of nitrogens with one attached hydrogen (secondary N) is 1. The molecule has 2 heterocycles. The number of amides is 1. The van der Waals surface area contributed by atoms with Crippen molar-refractivity contribution in [2.24, 2.45) is 0 Å². The molecule has 2 aromatic carbocycles. The van der Waals surface area contributed by atoms with E-state index in [1.54, 1.807) is 0 Å². The maximum atomic E-state index is 12.8. The molecule has 0 bridgehead atoms. The number of carbonyl (C=O) groups is 1. The van der Waals surface area contributed by atoms with Gasteiger partial charge in [-0.3, -0.25) is 4.79 Å². The summed E-state index contributed by atoms with van der Waals surface area (Å²) < 4.78 is 6.75. The van der Waals surface area contributed by atoms with E-state index in [9.17, 15) is 4.79 Å². The Kier molecular flexibility index (Phi) is 6.65. The van der Waals surface area contributed by atoms with Crippen molar-refractivity contribution >= 4 is 27.5 Å². The number of thiazole rings is 1. The Labute approximate surface area is 182 Å². The first-order valence-corrected chi connectivity index (χ1v) is 11.6. The molecule has 158 valence electrons. The number of para-hydroxylation sites is 1. The van der Waals surface area contributed by atoms with E-state index < -0.39 is 0 Å². The number of ether oxygens (including phenoxy) is 1. The first-order chi connectivity index (χ1) is 14.6. The smallest absolute Gasteiger partial charge is 0.277 e. The van der Waals surface area contributed by atoms with Crippen molar-refractivity contribution in [3.63, 3.8) is 0 Å². The Hall–Kier alpha value is -2.44. The van der Waals surface area contributed by atoms with E-state index in [0.29, 0.717) is 25.6 Å². The predicted octanol–water partition coefficient (Wildman–Crippen LogP) is 3.12. The number of nitrogens with zero attached hydrogens (tertiary/aromatic N) is 2. The van der Waals surface area contributed by atoms with Crippen LogP contribution in [-0.4, -0.2) is 49.1 Å². The molecule has 1 aliphatic rings. The molecule has 1 amide bonds. The summed E-state index contributed by atoms with van der Waals surface area (Å²) >= 11 is 1.81. The molecule has 0 aliphatic carbocycles. The van der Waals surface area contributed by atoms with Crippen molar-refractivity contribution in [1.82, 2.24) is 9.88 Å². The first kappa shape index (κ1) is 20.8. The van der Waals surface area contributed by atoms with Crippen LogP contribution >= 0.6 is 11.3 Å². The molecule has 1 fully saturated rings. The zero-order chi connectivity index (χ0) is 20.9. The van der Waals surface area contributed by atoms with Crippen molar-refractivity contribution < 1.29 is 14.4 Å². The summed E-state index contributed by atoms with van der Waals surface area (Å²) in [7, 11) is 1.90. The Morgan fingerprint density at radius 2 is 2.03 bits per heavy atom. The lowest BCUT2D eigenvalue weighted by molar-refractivity contribution is -0.898. The number of fused-ring (bicyclic) bond motifs is 1. The monoisotopic (exact) mass is 424 g/mol. The van der Waals surface area contributed by atoms with E-state index in [1.165, 1.54) is 21.0 Å². The second-order valence-corrected chi connectivity index (χ2v) is 9.13. The van der Waals surface area contributed by atoms with Crippen LogP contribution in [0.25, 0.3) is 10.2 Å². The van der Waals surface area contributed by atoms with Crippen LogP contribution in [0.1, 0.15) is 36.3 Å². The van der Waals surface area contributed by atoms with Crippen LogP contribution in [0.5, 0.6) is 5.75 Å². The summed E-state index contributed by atoms with van der Waals surface area (Å²) in [5.74, 6) is 1.52. The van der Waals surface area contributed by atoms with Gasteiger partial charge in [0.2, 0.25) is 0 Å². The number of benzene rings is 2. The van der Waals surface area contributed by atoms with Crippen molar-refractivity contribution in [3.8, 4) is 5.75 Å². The van der Waals surface area contributed by atoms with Crippen LogP contribution in [0, 0.1) is 0 Å². The van der Waals surface area contributed by atoms with Gasteiger partial charge in [0.25, 0.3) is 5.91 Å². The van der Waals surface area contributed by atoms with Gasteiger partial charge in [-0.1, -0.05) is 24.3 Å². The third-order valence-corrected chi connectivity index (χ3v) is 6.96. The number of carbonyl (C=O) groups excluding carboxylic acids is 1. The zero-order valence-corrected chi connectivity index (χ0v) is 18.6. The SMILES string of the molecule is CCOc1ccc(CN(C)C(=O)C[NH+]2CCC[C@@H](c3nc4ccccc4s3)C2)cc1. The summed E-state index contributed by atoms with van der Waals surface area (Å²) in [5.41, 5.74) is 2.21. The molecule has 1 saturated heterocycles. The van der Waals surface area contributed by atoms with Gasteiger partial charge in [0.15, 0.2) is 6.54 Å². The molecule has 30 heavy (non-hydrogen) atoms. The van der Waals surface area contributed by atoms with Crippen molar-refractivity contribution in [2.75, 3.05) is 33.3 Å². The maximum Gasteiger partial charge on any atom is 0.277 e. The van der Waals surface area contributed by atoms with Crippen LogP contribution in [0.15, 0.2) is 48.5 Å². The van der Waals surface area contributed by atoms with E-state index in [1.807, 2.05) is 60.5 Å². The summed E-state index contributed by atoms with van der Waals surface area (Å²) in [6.45, 7) is 5.86. The van der Waals surface area contributed by atoms with Gasteiger partial charge < -0.3 is 14.5 Å². The molecule has 0 radical (unpaired) electrons. The van der Waals surface area contributed by atoms with E-state index in [-0.39, 0.29) is 5.91 Å². The van der Waals surface area contributed by atoms with Gasteiger partial charge in [0, 0.05) is 13.6 Å². The van der Waals surface area contributed by atoms with Crippen LogP contribution in [-0.2, 0) is 11.3 Å². The standard InChI is InChI=1S/C24H29N3O2S/c1-3-29-20-12-10-18(11-13-20)15-26(2)23(28)17-27-14-6-7-19(16-27)24-25-21-8-4-5-9-22(21)30-24/h4-5,8-13,19H,3,6-7,14-17H2,1-2H3/p+1/t19-/m1/s1. The predicted molar refractivity (Wildman–Crippen MR) is 121 cm³/mol. The summed E-state index contributed by atoms with van der Waals surface area (Å²) in [5, 5.41) is 1.23. The highest BCUT2D eigenvalue weighted by Crippen LogP contribution is 2.30. The van der Waals surface area contributed by atoms with Gasteiger partial charge in [0.05, 0.1) is 35.8 Å². The largest absolute Gasteiger partial charge is 0.494 e. The van der Waals surface area contributed by atoms with Crippen LogP contribution in [0.4, 0.5) is 0 Å². The van der Waals surface area contributed by atoms with Gasteiger partial charge >= 0.3 is 0 Å². The van der Waals surface area contributed by atoms with Gasteiger partial charge in [-0.25, -0.2) is 4.98 Å². The van der Waals surface area contributed by atoms with Gasteiger partial charge in [-0.15, -0.1) is 11.3 Å². The molecule has 1 N–H and O–H groups in total. The van der Waals surface area contributed by atoms with Crippen LogP contribution < -0.4 is 9.64 Å². The lowest BCUT2D eigenvalue weighted by Gasteiger charge is -2.29. The number of piperidine rings is 1. The number of likely N-dealkylation sites (N-methyl/N-ethyl adjacent to an activating group) is 1. The fraction of sp³-hybridized carbons (Fsp3) is 0.417. The Bertz CT molecular complexity index is 953. The Morgan fingerprint density at radius 1 is 1.23 bits per heavy atom. The highest BCUT2D eigenvalue weighted by atomic mass is 32.1. The number of hydrogen-bond donors (Lipinski definition) is 1. The molecular weight excluding hydrogens is 394 g/mol. The topological polar surface area (TPSA) is 46.9 Å². The normalized spacial score (nSPS) is 19.0. The fourth-order valence-corrected chi connectivity index (χ4v) is 5.26. The molecule has 5 nitrogen and oxygen atoms in total. The quantitative estimate of drug-likeness (QED) is 0.634. The van der Waals surface area contributed by atoms with E-state index in [2.05, 4.69) is 18.2 Å². The lowest BCUT2D eigenvalue weighted by Crippen LogP contribution is -3.14.